The van der Waals surface area contributed by atoms with E-state index < -0.39 is 4.92 Å². The highest BCUT2D eigenvalue weighted by atomic mass is 35.5. The number of nitrogens with zero attached hydrogens (tertiary/aromatic N) is 2. The number of imidazole rings is 1. The second-order valence-electron chi connectivity index (χ2n) is 4.69. The molecule has 1 aromatic carbocycles. The summed E-state index contributed by atoms with van der Waals surface area (Å²) in [6.45, 7) is 2.01. The molecule has 110 valence electrons. The van der Waals surface area contributed by atoms with Gasteiger partial charge in [-0.25, -0.2) is 4.98 Å². The Morgan fingerprint density at radius 3 is 3.05 bits per heavy atom. The van der Waals surface area contributed by atoms with Crippen molar-refractivity contribution in [3.8, 4) is 11.3 Å². The molecule has 2 N–H and O–H groups in total. The lowest BCUT2D eigenvalue weighted by molar-refractivity contribution is -0.384. The SMILES string of the molecule is O=[N+]([O-])c1cc(-c2cnc(C3COCCN3)[nH]2)ccc1Cl. The molecule has 2 heterocycles. The summed E-state index contributed by atoms with van der Waals surface area (Å²) in [5, 5.41) is 14.3. The molecule has 0 aliphatic carbocycles. The molecule has 21 heavy (non-hydrogen) atoms. The summed E-state index contributed by atoms with van der Waals surface area (Å²) in [5.74, 6) is 0.752. The minimum Gasteiger partial charge on any atom is -0.378 e. The molecule has 1 atom stereocenters. The quantitative estimate of drug-likeness (QED) is 0.670. The van der Waals surface area contributed by atoms with Crippen molar-refractivity contribution in [3.05, 3.63) is 45.4 Å². The summed E-state index contributed by atoms with van der Waals surface area (Å²) in [4.78, 5) is 17.9. The smallest absolute Gasteiger partial charge is 0.288 e. The van der Waals surface area contributed by atoms with Gasteiger partial charge in [0.25, 0.3) is 5.69 Å². The Kier molecular flexibility index (Phi) is 3.87. The third-order valence-electron chi connectivity index (χ3n) is 3.30. The average molecular weight is 309 g/mol. The van der Waals surface area contributed by atoms with Crippen molar-refractivity contribution < 1.29 is 9.66 Å². The molecule has 1 unspecified atom stereocenters. The van der Waals surface area contributed by atoms with Crippen molar-refractivity contribution >= 4 is 17.3 Å². The van der Waals surface area contributed by atoms with E-state index in [4.69, 9.17) is 16.3 Å². The summed E-state index contributed by atoms with van der Waals surface area (Å²) in [5.41, 5.74) is 1.25. The van der Waals surface area contributed by atoms with Gasteiger partial charge in [-0.1, -0.05) is 17.7 Å². The fraction of sp³-hybridized carbons (Fsp3) is 0.308. The number of halogens is 1. The fourth-order valence-electron chi connectivity index (χ4n) is 2.22. The Hall–Kier alpha value is -1.96. The molecule has 3 rings (SSSR count). The first kappa shape index (κ1) is 14.0. The number of H-pyrrole nitrogens is 1. The third-order valence-corrected chi connectivity index (χ3v) is 3.62. The summed E-state index contributed by atoms with van der Waals surface area (Å²) >= 11 is 5.81. The van der Waals surface area contributed by atoms with Gasteiger partial charge in [0.05, 0.1) is 36.1 Å². The lowest BCUT2D eigenvalue weighted by Gasteiger charge is -2.21. The van der Waals surface area contributed by atoms with Crippen LogP contribution in [0.15, 0.2) is 24.4 Å². The first-order valence-electron chi connectivity index (χ1n) is 6.45. The Bertz CT molecular complexity index is 667. The fourth-order valence-corrected chi connectivity index (χ4v) is 2.41. The van der Waals surface area contributed by atoms with Crippen LogP contribution >= 0.6 is 11.6 Å². The Morgan fingerprint density at radius 2 is 2.33 bits per heavy atom. The van der Waals surface area contributed by atoms with Gasteiger partial charge in [-0.2, -0.15) is 0 Å². The number of nitro benzene ring substituents is 1. The van der Waals surface area contributed by atoms with E-state index in [-0.39, 0.29) is 16.8 Å². The number of aromatic amines is 1. The van der Waals surface area contributed by atoms with Crippen LogP contribution in [0.4, 0.5) is 5.69 Å². The van der Waals surface area contributed by atoms with Crippen LogP contribution < -0.4 is 5.32 Å². The van der Waals surface area contributed by atoms with Gasteiger partial charge in [-0.15, -0.1) is 0 Å². The number of rotatable bonds is 3. The lowest BCUT2D eigenvalue weighted by atomic mass is 10.1. The number of hydrogen-bond donors (Lipinski definition) is 2. The van der Waals surface area contributed by atoms with E-state index in [1.165, 1.54) is 12.1 Å². The highest BCUT2D eigenvalue weighted by Gasteiger charge is 2.19. The minimum absolute atomic E-state index is 0.00906. The lowest BCUT2D eigenvalue weighted by Crippen LogP contribution is -2.35. The molecule has 0 spiro atoms. The normalized spacial score (nSPS) is 18.6. The zero-order chi connectivity index (χ0) is 14.8. The molecule has 7 nitrogen and oxygen atoms in total. The van der Waals surface area contributed by atoms with Crippen LogP contribution in [0.5, 0.6) is 0 Å². The van der Waals surface area contributed by atoms with Crippen molar-refractivity contribution in [3.63, 3.8) is 0 Å². The maximum absolute atomic E-state index is 10.9. The molecular weight excluding hydrogens is 296 g/mol. The number of hydrogen-bond acceptors (Lipinski definition) is 5. The van der Waals surface area contributed by atoms with Crippen LogP contribution in [0.1, 0.15) is 11.9 Å². The first-order valence-corrected chi connectivity index (χ1v) is 6.83. The van der Waals surface area contributed by atoms with Crippen LogP contribution in [-0.2, 0) is 4.74 Å². The van der Waals surface area contributed by atoms with Crippen LogP contribution in [0.3, 0.4) is 0 Å². The van der Waals surface area contributed by atoms with E-state index in [0.29, 0.717) is 24.5 Å². The standard InChI is InChI=1S/C13H13ClN4O3/c14-9-2-1-8(5-12(9)18(19)20)10-6-16-13(17-10)11-7-21-4-3-15-11/h1-2,5-6,11,15H,3-4,7H2,(H,16,17). The van der Waals surface area contributed by atoms with Crippen LogP contribution in [0, 0.1) is 10.1 Å². The molecular formula is C13H13ClN4O3. The highest BCUT2D eigenvalue weighted by Crippen LogP contribution is 2.30. The molecule has 0 saturated carbocycles. The largest absolute Gasteiger partial charge is 0.378 e. The summed E-state index contributed by atoms with van der Waals surface area (Å²) in [7, 11) is 0. The number of nitro groups is 1. The van der Waals surface area contributed by atoms with Crippen molar-refractivity contribution in [2.75, 3.05) is 19.8 Å². The minimum atomic E-state index is -0.500. The number of morpholine rings is 1. The number of benzene rings is 1. The number of ether oxygens (including phenoxy) is 1. The Balaban J connectivity index is 1.89. The average Bonchev–Trinajstić information content (AvgIpc) is 2.98. The van der Waals surface area contributed by atoms with Crippen molar-refractivity contribution in [1.29, 1.82) is 0 Å². The van der Waals surface area contributed by atoms with Gasteiger partial charge in [-0.3, -0.25) is 10.1 Å². The predicted molar refractivity (Wildman–Crippen MR) is 77.3 cm³/mol. The summed E-state index contributed by atoms with van der Waals surface area (Å²) in [6.07, 6.45) is 1.65. The second-order valence-corrected chi connectivity index (χ2v) is 5.09. The maximum Gasteiger partial charge on any atom is 0.288 e. The van der Waals surface area contributed by atoms with Gasteiger partial charge in [0, 0.05) is 18.2 Å². The van der Waals surface area contributed by atoms with Gasteiger partial charge >= 0.3 is 0 Å². The summed E-state index contributed by atoms with van der Waals surface area (Å²) < 4.78 is 5.39. The second kappa shape index (κ2) is 5.80. The van der Waals surface area contributed by atoms with Gasteiger partial charge in [0.2, 0.25) is 0 Å². The van der Waals surface area contributed by atoms with Crippen LogP contribution in [0.2, 0.25) is 5.02 Å². The van der Waals surface area contributed by atoms with Crippen LogP contribution in [-0.4, -0.2) is 34.6 Å². The van der Waals surface area contributed by atoms with Crippen molar-refractivity contribution in [2.24, 2.45) is 0 Å². The number of aromatic nitrogens is 2. The zero-order valence-corrected chi connectivity index (χ0v) is 11.8. The Morgan fingerprint density at radius 1 is 1.48 bits per heavy atom. The number of nitrogens with one attached hydrogen (secondary N) is 2. The molecule has 1 aromatic heterocycles. The zero-order valence-electron chi connectivity index (χ0n) is 11.0. The van der Waals surface area contributed by atoms with E-state index in [1.807, 2.05) is 0 Å². The van der Waals surface area contributed by atoms with E-state index in [9.17, 15) is 10.1 Å². The van der Waals surface area contributed by atoms with Gasteiger partial charge in [-0.05, 0) is 6.07 Å². The molecule has 0 bridgehead atoms. The molecule has 1 fully saturated rings. The molecule has 1 aliphatic heterocycles. The highest BCUT2D eigenvalue weighted by molar-refractivity contribution is 6.32. The van der Waals surface area contributed by atoms with E-state index in [2.05, 4.69) is 15.3 Å². The molecule has 0 radical (unpaired) electrons. The summed E-state index contributed by atoms with van der Waals surface area (Å²) in [6, 6.07) is 4.68. The third kappa shape index (κ3) is 2.90. The van der Waals surface area contributed by atoms with E-state index in [1.54, 1.807) is 12.3 Å². The van der Waals surface area contributed by atoms with E-state index >= 15 is 0 Å². The molecule has 1 saturated heterocycles. The van der Waals surface area contributed by atoms with Gasteiger partial charge < -0.3 is 15.0 Å². The van der Waals surface area contributed by atoms with Crippen molar-refractivity contribution in [2.45, 2.75) is 6.04 Å². The topological polar surface area (TPSA) is 93.1 Å². The molecule has 1 aliphatic rings. The molecule has 8 heteroatoms. The van der Waals surface area contributed by atoms with Crippen LogP contribution in [0.25, 0.3) is 11.3 Å². The molecule has 2 aromatic rings. The monoisotopic (exact) mass is 308 g/mol. The van der Waals surface area contributed by atoms with Gasteiger partial charge in [0.15, 0.2) is 0 Å². The van der Waals surface area contributed by atoms with Crippen molar-refractivity contribution in [1.82, 2.24) is 15.3 Å². The molecule has 0 amide bonds. The van der Waals surface area contributed by atoms with Gasteiger partial charge in [0.1, 0.15) is 10.8 Å². The predicted octanol–water partition coefficient (Wildman–Crippen LogP) is 2.30. The maximum atomic E-state index is 10.9. The first-order chi connectivity index (χ1) is 10.1. The Labute approximate surface area is 125 Å². The van der Waals surface area contributed by atoms with E-state index in [0.717, 1.165) is 12.4 Å².